The van der Waals surface area contributed by atoms with E-state index < -0.39 is 73.0 Å². The average molecular weight is 703 g/mol. The third-order valence-electron chi connectivity index (χ3n) is 8.86. The van der Waals surface area contributed by atoms with E-state index in [9.17, 15) is 32.6 Å². The molecule has 2 amide bonds. The highest BCUT2D eigenvalue weighted by Gasteiger charge is 2.55. The van der Waals surface area contributed by atoms with Gasteiger partial charge in [-0.25, -0.2) is 17.9 Å². The van der Waals surface area contributed by atoms with Gasteiger partial charge in [0.1, 0.15) is 17.2 Å². The van der Waals surface area contributed by atoms with E-state index in [1.54, 1.807) is 35.2 Å². The molecular formula is C32H33F2N4O10P. The zero-order chi connectivity index (χ0) is 34.9. The molecule has 17 heteroatoms. The van der Waals surface area contributed by atoms with Crippen LogP contribution in [0.2, 0.25) is 0 Å². The predicted octanol–water partition coefficient (Wildman–Crippen LogP) is 4.02. The number of rotatable bonds is 10. The number of carbonyl (C=O) groups is 2. The van der Waals surface area contributed by atoms with E-state index in [4.69, 9.17) is 23.4 Å². The minimum Gasteiger partial charge on any atom is -0.482 e. The Labute approximate surface area is 278 Å². The number of oxime groups is 1. The molecule has 1 saturated heterocycles. The van der Waals surface area contributed by atoms with Gasteiger partial charge in [-0.3, -0.25) is 18.9 Å². The average Bonchev–Trinajstić information content (AvgIpc) is 3.46. The van der Waals surface area contributed by atoms with Crippen molar-refractivity contribution in [2.24, 2.45) is 5.16 Å². The molecule has 260 valence electrons. The largest absolute Gasteiger partial charge is 0.482 e. The van der Waals surface area contributed by atoms with Gasteiger partial charge in [0.05, 0.1) is 26.2 Å². The minimum atomic E-state index is -4.73. The van der Waals surface area contributed by atoms with E-state index in [1.165, 1.54) is 17.9 Å². The van der Waals surface area contributed by atoms with Crippen LogP contribution in [0.1, 0.15) is 64.2 Å². The molecule has 3 aliphatic heterocycles. The summed E-state index contributed by atoms with van der Waals surface area (Å²) in [6, 6.07) is 10.4. The molecule has 2 bridgehead atoms. The number of hydrogen-bond acceptors (Lipinski definition) is 10. The summed E-state index contributed by atoms with van der Waals surface area (Å²) in [5, 5.41) is 6.53. The lowest BCUT2D eigenvalue weighted by Gasteiger charge is -2.42. The van der Waals surface area contributed by atoms with Crippen molar-refractivity contribution >= 4 is 25.5 Å². The van der Waals surface area contributed by atoms with Gasteiger partial charge >= 0.3 is 7.82 Å². The number of hydrogen-bond donors (Lipinski definition) is 2. The van der Waals surface area contributed by atoms with Crippen LogP contribution >= 0.6 is 7.82 Å². The Hall–Kier alpha value is -4.63. The number of phosphoric acid groups is 1. The number of amides is 2. The number of ether oxygens (including phenoxy) is 2. The highest BCUT2D eigenvalue weighted by Crippen LogP contribution is 2.47. The standard InChI is InChI=1S/C32H33F2N4O10P/c1-19-10-11-32(13-26(44-2)36-48-32)25-16-37(19)31(41)27-29(45-18-47-49(42,43)46-17-20-6-4-3-5-7-20)28(39)23(15-38(25)27)30(40)35-14-21-8-9-22(33)12-24(21)34/h3-9,12,15,19,25H,10-11,13-14,16-18H2,1-2H3,(H,35,40)(H,42,43)/t19-,25+,32-/m0/s1. The summed E-state index contributed by atoms with van der Waals surface area (Å²) in [4.78, 5) is 59.3. The first-order chi connectivity index (χ1) is 23.4. The molecule has 1 aromatic heterocycles. The van der Waals surface area contributed by atoms with E-state index in [-0.39, 0.29) is 36.9 Å². The minimum absolute atomic E-state index is 0.0435. The number of nitrogens with one attached hydrogen (secondary N) is 1. The third kappa shape index (κ3) is 6.95. The van der Waals surface area contributed by atoms with Crippen LogP contribution < -0.4 is 15.5 Å². The third-order valence-corrected chi connectivity index (χ3v) is 9.74. The van der Waals surface area contributed by atoms with Crippen molar-refractivity contribution in [3.8, 4) is 5.75 Å². The van der Waals surface area contributed by atoms with Gasteiger partial charge < -0.3 is 34.0 Å². The monoisotopic (exact) mass is 702 g/mol. The van der Waals surface area contributed by atoms with Crippen molar-refractivity contribution in [3.63, 3.8) is 0 Å². The lowest BCUT2D eigenvalue weighted by atomic mass is 9.85. The van der Waals surface area contributed by atoms with Gasteiger partial charge in [0, 0.05) is 37.0 Å². The number of methoxy groups -OCH3 is 1. The SMILES string of the molecule is COC1=NO[C@@]2(CC[C@H](C)N3C[C@H]2n2cc(C(=O)NCc4ccc(F)cc4F)c(=O)c(OCOP(=O)(O)OCc4ccccc4)c2C3=O)C1. The van der Waals surface area contributed by atoms with Crippen LogP contribution in [0, 0.1) is 11.6 Å². The predicted molar refractivity (Wildman–Crippen MR) is 168 cm³/mol. The second kappa shape index (κ2) is 13.7. The molecule has 0 saturated carbocycles. The number of nitrogens with zero attached hydrogens (tertiary/aromatic N) is 3. The summed E-state index contributed by atoms with van der Waals surface area (Å²) in [6.07, 6.45) is 2.37. The van der Waals surface area contributed by atoms with E-state index in [2.05, 4.69) is 10.5 Å². The summed E-state index contributed by atoms with van der Waals surface area (Å²) in [7, 11) is -3.28. The smallest absolute Gasteiger partial charge is 0.475 e. The molecule has 1 spiro atoms. The molecule has 4 heterocycles. The van der Waals surface area contributed by atoms with Gasteiger partial charge in [-0.2, -0.15) is 0 Å². The first-order valence-corrected chi connectivity index (χ1v) is 16.8. The second-order valence-corrected chi connectivity index (χ2v) is 13.3. The quantitative estimate of drug-likeness (QED) is 0.233. The fourth-order valence-electron chi connectivity index (χ4n) is 6.17. The molecule has 2 N–H and O–H groups in total. The van der Waals surface area contributed by atoms with E-state index >= 15 is 0 Å². The molecule has 0 radical (unpaired) electrons. The van der Waals surface area contributed by atoms with Gasteiger partial charge in [-0.05, 0) is 31.4 Å². The molecule has 4 atom stereocenters. The van der Waals surface area contributed by atoms with Crippen LogP contribution in [0.25, 0.3) is 0 Å². The second-order valence-electron chi connectivity index (χ2n) is 11.9. The van der Waals surface area contributed by atoms with Crippen LogP contribution in [-0.4, -0.2) is 64.2 Å². The summed E-state index contributed by atoms with van der Waals surface area (Å²) in [5.41, 5.74) is -2.27. The zero-order valence-electron chi connectivity index (χ0n) is 26.5. The molecule has 14 nitrogen and oxygen atoms in total. The Morgan fingerprint density at radius 3 is 2.67 bits per heavy atom. The molecule has 1 unspecified atom stereocenters. The number of halogens is 2. The summed E-state index contributed by atoms with van der Waals surface area (Å²) in [5.74, 6) is -3.56. The molecule has 6 rings (SSSR count). The first kappa shape index (κ1) is 34.2. The van der Waals surface area contributed by atoms with Crippen molar-refractivity contribution in [1.82, 2.24) is 14.8 Å². The molecule has 2 aromatic carbocycles. The van der Waals surface area contributed by atoms with Gasteiger partial charge in [-0.15, -0.1) is 0 Å². The van der Waals surface area contributed by atoms with E-state index in [0.29, 0.717) is 30.4 Å². The Balaban J connectivity index is 1.35. The zero-order valence-corrected chi connectivity index (χ0v) is 27.4. The number of benzene rings is 2. The van der Waals surface area contributed by atoms with Crippen LogP contribution in [0.5, 0.6) is 5.75 Å². The molecule has 1 fully saturated rings. The van der Waals surface area contributed by atoms with Crippen molar-refractivity contribution in [2.75, 3.05) is 20.4 Å². The highest BCUT2D eigenvalue weighted by molar-refractivity contribution is 7.47. The number of pyridine rings is 1. The summed E-state index contributed by atoms with van der Waals surface area (Å²) in [6.45, 7) is 0.296. The van der Waals surface area contributed by atoms with Gasteiger partial charge in [-0.1, -0.05) is 41.6 Å². The fourth-order valence-corrected chi connectivity index (χ4v) is 6.74. The van der Waals surface area contributed by atoms with Crippen LogP contribution in [-0.2, 0) is 36.3 Å². The molecule has 3 aliphatic rings. The highest BCUT2D eigenvalue weighted by atomic mass is 31.2. The summed E-state index contributed by atoms with van der Waals surface area (Å²) >= 11 is 0. The maximum atomic E-state index is 14.3. The number of carbonyl (C=O) groups excluding carboxylic acids is 2. The lowest BCUT2D eigenvalue weighted by Crippen LogP contribution is -2.52. The normalized spacial score (nSPS) is 22.4. The molecule has 0 aliphatic carbocycles. The fraction of sp³-hybridized carbons (Fsp3) is 0.375. The van der Waals surface area contributed by atoms with Gasteiger partial charge in [0.2, 0.25) is 18.1 Å². The summed E-state index contributed by atoms with van der Waals surface area (Å²) < 4.78 is 62.8. The van der Waals surface area contributed by atoms with Crippen molar-refractivity contribution in [3.05, 3.63) is 99.0 Å². The molecule has 49 heavy (non-hydrogen) atoms. The number of fused-ring (bicyclic) bond motifs is 5. The van der Waals surface area contributed by atoms with Crippen LogP contribution in [0.4, 0.5) is 8.78 Å². The van der Waals surface area contributed by atoms with Gasteiger partial charge in [0.25, 0.3) is 11.8 Å². The Bertz CT molecular complexity index is 1910. The first-order valence-electron chi connectivity index (χ1n) is 15.3. The Morgan fingerprint density at radius 2 is 1.96 bits per heavy atom. The van der Waals surface area contributed by atoms with E-state index in [1.807, 2.05) is 6.92 Å². The molecule has 3 aromatic rings. The maximum Gasteiger partial charge on any atom is 0.475 e. The van der Waals surface area contributed by atoms with Crippen molar-refractivity contribution < 1.29 is 51.2 Å². The number of phosphoric ester groups is 1. The van der Waals surface area contributed by atoms with Crippen molar-refractivity contribution in [1.29, 1.82) is 0 Å². The van der Waals surface area contributed by atoms with Crippen LogP contribution in [0.3, 0.4) is 0 Å². The number of aromatic nitrogens is 1. The van der Waals surface area contributed by atoms with Crippen LogP contribution in [0.15, 0.2) is 64.7 Å². The lowest BCUT2D eigenvalue weighted by molar-refractivity contribution is -0.0657. The molecular weight excluding hydrogens is 669 g/mol. The van der Waals surface area contributed by atoms with Gasteiger partial charge in [0.15, 0.2) is 17.0 Å². The van der Waals surface area contributed by atoms with Crippen molar-refractivity contribution in [2.45, 2.75) is 57.0 Å². The van der Waals surface area contributed by atoms with E-state index in [0.717, 1.165) is 12.1 Å². The Kier molecular flexibility index (Phi) is 9.58. The topological polar surface area (TPSA) is 167 Å². The Morgan fingerprint density at radius 1 is 1.18 bits per heavy atom. The maximum absolute atomic E-state index is 14.3.